The van der Waals surface area contributed by atoms with Crippen molar-refractivity contribution in [3.05, 3.63) is 0 Å². The lowest BCUT2D eigenvalue weighted by atomic mass is 10.0. The molecule has 0 amide bonds. The minimum absolute atomic E-state index is 0.167. The van der Waals surface area contributed by atoms with Gasteiger partial charge in [0.2, 0.25) is 0 Å². The zero-order valence-corrected chi connectivity index (χ0v) is 11.2. The molecule has 3 heteroatoms. The number of rotatable bonds is 12. The third kappa shape index (κ3) is 12.1. The van der Waals surface area contributed by atoms with Gasteiger partial charge in [0.25, 0.3) is 5.92 Å². The number of hydrogen-bond acceptors (Lipinski definition) is 1. The van der Waals surface area contributed by atoms with Gasteiger partial charge < -0.3 is 5.11 Å². The monoisotopic (exact) mass is 250 g/mol. The van der Waals surface area contributed by atoms with Gasteiger partial charge in [-0.2, -0.15) is 0 Å². The highest BCUT2D eigenvalue weighted by Crippen LogP contribution is 2.21. The molecule has 0 aromatic rings. The van der Waals surface area contributed by atoms with E-state index >= 15 is 0 Å². The maximum atomic E-state index is 12.7. The van der Waals surface area contributed by atoms with Crippen LogP contribution in [-0.4, -0.2) is 17.6 Å². The summed E-state index contributed by atoms with van der Waals surface area (Å²) in [5.41, 5.74) is 0. The van der Waals surface area contributed by atoms with Gasteiger partial charge in [0.05, 0.1) is 0 Å². The first-order valence-corrected chi connectivity index (χ1v) is 7.11. The molecule has 0 aliphatic heterocycles. The van der Waals surface area contributed by atoms with Crippen molar-refractivity contribution >= 4 is 0 Å². The van der Waals surface area contributed by atoms with Crippen molar-refractivity contribution < 1.29 is 13.9 Å². The lowest BCUT2D eigenvalue weighted by Gasteiger charge is -2.12. The van der Waals surface area contributed by atoms with Crippen molar-refractivity contribution in [2.24, 2.45) is 0 Å². The standard InChI is InChI=1S/C14H28F2O/c1-2-3-4-5-6-7-8-9-10-11-12-14(15,16)13-17/h17H,2-13H2,1H3. The van der Waals surface area contributed by atoms with Crippen LogP contribution in [-0.2, 0) is 0 Å². The Morgan fingerprint density at radius 3 is 1.59 bits per heavy atom. The number of aliphatic hydroxyl groups is 1. The molecule has 0 aromatic carbocycles. The summed E-state index contributed by atoms with van der Waals surface area (Å²) in [7, 11) is 0. The van der Waals surface area contributed by atoms with Gasteiger partial charge in [-0.3, -0.25) is 0 Å². The zero-order valence-electron chi connectivity index (χ0n) is 11.2. The van der Waals surface area contributed by atoms with E-state index in [-0.39, 0.29) is 6.42 Å². The van der Waals surface area contributed by atoms with Gasteiger partial charge in [0.1, 0.15) is 6.61 Å². The fourth-order valence-corrected chi connectivity index (χ4v) is 1.95. The number of alkyl halides is 2. The van der Waals surface area contributed by atoms with Crippen LogP contribution in [0.4, 0.5) is 8.78 Å². The molecular weight excluding hydrogens is 222 g/mol. The summed E-state index contributed by atoms with van der Waals surface area (Å²) in [6.07, 6.45) is 11.2. The van der Waals surface area contributed by atoms with Gasteiger partial charge in [-0.05, 0) is 6.42 Å². The van der Waals surface area contributed by atoms with Gasteiger partial charge in [-0.15, -0.1) is 0 Å². The summed E-state index contributed by atoms with van der Waals surface area (Å²) in [6, 6.07) is 0. The molecule has 0 bridgehead atoms. The molecule has 0 unspecified atom stereocenters. The molecule has 0 aromatic heterocycles. The highest BCUT2D eigenvalue weighted by atomic mass is 19.3. The molecule has 1 nitrogen and oxygen atoms in total. The maximum absolute atomic E-state index is 12.7. The molecule has 0 spiro atoms. The summed E-state index contributed by atoms with van der Waals surface area (Å²) < 4.78 is 25.3. The second-order valence-electron chi connectivity index (χ2n) is 4.95. The summed E-state index contributed by atoms with van der Waals surface area (Å²) >= 11 is 0. The number of halogens is 2. The van der Waals surface area contributed by atoms with E-state index < -0.39 is 12.5 Å². The van der Waals surface area contributed by atoms with Crippen LogP contribution in [0.5, 0.6) is 0 Å². The smallest absolute Gasteiger partial charge is 0.270 e. The van der Waals surface area contributed by atoms with Crippen LogP contribution in [0.15, 0.2) is 0 Å². The Labute approximate surface area is 105 Å². The second-order valence-corrected chi connectivity index (χ2v) is 4.95. The average Bonchev–Trinajstić information content (AvgIpc) is 2.31. The Balaban J connectivity index is 3.09. The van der Waals surface area contributed by atoms with E-state index in [1.165, 1.54) is 38.5 Å². The topological polar surface area (TPSA) is 20.2 Å². The fourth-order valence-electron chi connectivity index (χ4n) is 1.95. The minimum atomic E-state index is -2.86. The molecule has 0 saturated carbocycles. The van der Waals surface area contributed by atoms with Crippen molar-refractivity contribution in [2.45, 2.75) is 83.5 Å². The van der Waals surface area contributed by atoms with Crippen molar-refractivity contribution in [3.63, 3.8) is 0 Å². The van der Waals surface area contributed by atoms with Gasteiger partial charge in [-0.25, -0.2) is 8.78 Å². The van der Waals surface area contributed by atoms with Crippen LogP contribution < -0.4 is 0 Å². The lowest BCUT2D eigenvalue weighted by Crippen LogP contribution is -2.20. The summed E-state index contributed by atoms with van der Waals surface area (Å²) in [4.78, 5) is 0. The number of unbranched alkanes of at least 4 members (excludes halogenated alkanes) is 9. The molecule has 1 N–H and O–H groups in total. The SMILES string of the molecule is CCCCCCCCCCCCC(F)(F)CO. The van der Waals surface area contributed by atoms with Crippen LogP contribution in [0.1, 0.15) is 77.6 Å². The molecule has 17 heavy (non-hydrogen) atoms. The van der Waals surface area contributed by atoms with Crippen molar-refractivity contribution in [2.75, 3.05) is 6.61 Å². The molecular formula is C14H28F2O. The van der Waals surface area contributed by atoms with Gasteiger partial charge in [0.15, 0.2) is 0 Å². The Morgan fingerprint density at radius 1 is 0.765 bits per heavy atom. The van der Waals surface area contributed by atoms with Crippen LogP contribution in [0.3, 0.4) is 0 Å². The number of hydrogen-bond donors (Lipinski definition) is 1. The first-order chi connectivity index (χ1) is 8.12. The van der Waals surface area contributed by atoms with E-state index in [0.29, 0.717) is 6.42 Å². The Kier molecular flexibility index (Phi) is 10.8. The molecule has 0 aliphatic carbocycles. The molecule has 0 saturated heterocycles. The normalized spacial score (nSPS) is 12.0. The lowest BCUT2D eigenvalue weighted by molar-refractivity contribution is -0.0578. The molecule has 0 aliphatic rings. The highest BCUT2D eigenvalue weighted by Gasteiger charge is 2.26. The zero-order chi connectivity index (χ0) is 13.0. The third-order valence-corrected chi connectivity index (χ3v) is 3.13. The van der Waals surface area contributed by atoms with Gasteiger partial charge >= 0.3 is 0 Å². The average molecular weight is 250 g/mol. The fraction of sp³-hybridized carbons (Fsp3) is 1.00. The van der Waals surface area contributed by atoms with Gasteiger partial charge in [0, 0.05) is 6.42 Å². The van der Waals surface area contributed by atoms with Crippen molar-refractivity contribution in [1.29, 1.82) is 0 Å². The molecule has 0 rings (SSSR count). The van der Waals surface area contributed by atoms with Crippen LogP contribution in [0, 0.1) is 0 Å². The van der Waals surface area contributed by atoms with E-state index in [9.17, 15) is 8.78 Å². The number of aliphatic hydroxyl groups excluding tert-OH is 1. The predicted octanol–water partition coefficient (Wildman–Crippen LogP) is 4.93. The summed E-state index contributed by atoms with van der Waals surface area (Å²) in [5.74, 6) is -2.86. The molecule has 0 heterocycles. The summed E-state index contributed by atoms with van der Waals surface area (Å²) in [6.45, 7) is 1.20. The maximum Gasteiger partial charge on any atom is 0.270 e. The van der Waals surface area contributed by atoms with Crippen LogP contribution in [0.25, 0.3) is 0 Å². The van der Waals surface area contributed by atoms with Crippen LogP contribution >= 0.6 is 0 Å². The van der Waals surface area contributed by atoms with E-state index in [1.807, 2.05) is 0 Å². The Hall–Kier alpha value is -0.180. The van der Waals surface area contributed by atoms with E-state index in [1.54, 1.807) is 0 Å². The molecule has 0 radical (unpaired) electrons. The predicted molar refractivity (Wildman–Crippen MR) is 68.5 cm³/mol. The van der Waals surface area contributed by atoms with Crippen molar-refractivity contribution in [3.8, 4) is 0 Å². The van der Waals surface area contributed by atoms with E-state index in [2.05, 4.69) is 6.92 Å². The van der Waals surface area contributed by atoms with Crippen molar-refractivity contribution in [1.82, 2.24) is 0 Å². The molecule has 0 atom stereocenters. The molecule has 0 fully saturated rings. The highest BCUT2D eigenvalue weighted by molar-refractivity contribution is 4.63. The largest absolute Gasteiger partial charge is 0.390 e. The third-order valence-electron chi connectivity index (χ3n) is 3.13. The van der Waals surface area contributed by atoms with Gasteiger partial charge in [-0.1, -0.05) is 64.7 Å². The second kappa shape index (κ2) is 10.9. The Morgan fingerprint density at radius 2 is 1.18 bits per heavy atom. The van der Waals surface area contributed by atoms with E-state index in [0.717, 1.165) is 19.3 Å². The Bertz CT molecular complexity index is 160. The van der Waals surface area contributed by atoms with Crippen LogP contribution in [0.2, 0.25) is 0 Å². The first-order valence-electron chi connectivity index (χ1n) is 7.11. The minimum Gasteiger partial charge on any atom is -0.390 e. The molecule has 104 valence electrons. The van der Waals surface area contributed by atoms with E-state index in [4.69, 9.17) is 5.11 Å². The quantitative estimate of drug-likeness (QED) is 0.487. The summed E-state index contributed by atoms with van der Waals surface area (Å²) in [5, 5.41) is 8.39. The first kappa shape index (κ1) is 16.8.